The third-order valence-corrected chi connectivity index (χ3v) is 2.96. The van der Waals surface area contributed by atoms with E-state index in [-0.39, 0.29) is 18.3 Å². The van der Waals surface area contributed by atoms with Crippen molar-refractivity contribution in [3.8, 4) is 11.5 Å². The number of halogens is 1. The molecule has 6 nitrogen and oxygen atoms in total. The minimum atomic E-state index is -0.442. The molecule has 2 aromatic carbocycles. The van der Waals surface area contributed by atoms with Crippen molar-refractivity contribution >= 4 is 23.2 Å². The number of hydrogen-bond acceptors (Lipinski definition) is 4. The average Bonchev–Trinajstić information content (AvgIpc) is 2.53. The van der Waals surface area contributed by atoms with Gasteiger partial charge in [0.05, 0.1) is 12.8 Å². The largest absolute Gasteiger partial charge is 0.495 e. The molecule has 0 fully saturated rings. The zero-order valence-corrected chi connectivity index (χ0v) is 13.3. The molecule has 0 saturated carbocycles. The second-order valence-electron chi connectivity index (χ2n) is 4.89. The first-order chi connectivity index (χ1) is 11.5. The van der Waals surface area contributed by atoms with E-state index < -0.39 is 11.7 Å². The highest BCUT2D eigenvalue weighted by Gasteiger charge is 2.09. The van der Waals surface area contributed by atoms with E-state index in [9.17, 15) is 14.0 Å². The van der Waals surface area contributed by atoms with Crippen LogP contribution < -0.4 is 20.1 Å². The Kier molecular flexibility index (Phi) is 5.73. The predicted octanol–water partition coefficient (Wildman–Crippen LogP) is 2.81. The molecular weight excluding hydrogens is 315 g/mol. The smallest absolute Gasteiger partial charge is 0.262 e. The maximum Gasteiger partial charge on any atom is 0.262 e. The van der Waals surface area contributed by atoms with Crippen molar-refractivity contribution in [2.45, 2.75) is 6.92 Å². The Labute approximate surface area is 138 Å². The fourth-order valence-corrected chi connectivity index (χ4v) is 1.98. The normalized spacial score (nSPS) is 9.96. The van der Waals surface area contributed by atoms with Gasteiger partial charge in [-0.05, 0) is 30.3 Å². The van der Waals surface area contributed by atoms with Crippen LogP contribution in [0, 0.1) is 5.82 Å². The lowest BCUT2D eigenvalue weighted by Gasteiger charge is -2.12. The summed E-state index contributed by atoms with van der Waals surface area (Å²) in [4.78, 5) is 23.1. The minimum absolute atomic E-state index is 0.258. The third kappa shape index (κ3) is 4.98. The van der Waals surface area contributed by atoms with Gasteiger partial charge in [-0.1, -0.05) is 6.07 Å². The van der Waals surface area contributed by atoms with Gasteiger partial charge in [-0.15, -0.1) is 0 Å². The topological polar surface area (TPSA) is 76.7 Å². The molecule has 0 spiro atoms. The van der Waals surface area contributed by atoms with Crippen LogP contribution >= 0.6 is 0 Å². The molecule has 0 aromatic heterocycles. The fraction of sp³-hybridized carbons (Fsp3) is 0.176. The highest BCUT2D eigenvalue weighted by molar-refractivity contribution is 5.95. The van der Waals surface area contributed by atoms with E-state index in [1.165, 1.54) is 32.2 Å². The summed E-state index contributed by atoms with van der Waals surface area (Å²) in [5.41, 5.74) is 0.904. The van der Waals surface area contributed by atoms with E-state index >= 15 is 0 Å². The first kappa shape index (κ1) is 17.3. The number of rotatable bonds is 6. The van der Waals surface area contributed by atoms with E-state index in [0.29, 0.717) is 17.1 Å². The van der Waals surface area contributed by atoms with Crippen LogP contribution in [0.4, 0.5) is 15.8 Å². The molecule has 0 heterocycles. The SMILES string of the molecule is COc1ccc(NC(=O)COc2cccc(F)c2)cc1NC(C)=O. The molecule has 0 aliphatic heterocycles. The van der Waals surface area contributed by atoms with Gasteiger partial charge in [0, 0.05) is 18.7 Å². The summed E-state index contributed by atoms with van der Waals surface area (Å²) in [5.74, 6) is -0.384. The van der Waals surface area contributed by atoms with Crippen LogP contribution in [0.2, 0.25) is 0 Å². The van der Waals surface area contributed by atoms with Crippen LogP contribution in [0.3, 0.4) is 0 Å². The maximum absolute atomic E-state index is 13.0. The minimum Gasteiger partial charge on any atom is -0.495 e. The Morgan fingerprint density at radius 2 is 1.92 bits per heavy atom. The van der Waals surface area contributed by atoms with Gasteiger partial charge in [-0.3, -0.25) is 9.59 Å². The Morgan fingerprint density at radius 1 is 1.12 bits per heavy atom. The van der Waals surface area contributed by atoms with E-state index in [0.717, 1.165) is 0 Å². The van der Waals surface area contributed by atoms with Gasteiger partial charge in [0.15, 0.2) is 6.61 Å². The number of nitrogens with one attached hydrogen (secondary N) is 2. The lowest BCUT2D eigenvalue weighted by Crippen LogP contribution is -2.20. The molecule has 0 aliphatic rings. The first-order valence-corrected chi connectivity index (χ1v) is 7.12. The predicted molar refractivity (Wildman–Crippen MR) is 87.8 cm³/mol. The summed E-state index contributed by atoms with van der Waals surface area (Å²) in [7, 11) is 1.48. The molecule has 0 unspecified atom stereocenters. The van der Waals surface area contributed by atoms with E-state index in [1.54, 1.807) is 24.3 Å². The molecule has 2 N–H and O–H groups in total. The molecule has 126 valence electrons. The second kappa shape index (κ2) is 7.96. The highest BCUT2D eigenvalue weighted by atomic mass is 19.1. The maximum atomic E-state index is 13.0. The Morgan fingerprint density at radius 3 is 2.58 bits per heavy atom. The highest BCUT2D eigenvalue weighted by Crippen LogP contribution is 2.27. The number of amides is 2. The number of carbonyl (C=O) groups excluding carboxylic acids is 2. The molecule has 0 atom stereocenters. The fourth-order valence-electron chi connectivity index (χ4n) is 1.98. The lowest BCUT2D eigenvalue weighted by molar-refractivity contribution is -0.118. The van der Waals surface area contributed by atoms with Crippen LogP contribution in [0.25, 0.3) is 0 Å². The summed E-state index contributed by atoms with van der Waals surface area (Å²) in [6.07, 6.45) is 0. The molecule has 2 rings (SSSR count). The van der Waals surface area contributed by atoms with Gasteiger partial charge in [0.25, 0.3) is 5.91 Å². The number of ether oxygens (including phenoxy) is 2. The zero-order valence-electron chi connectivity index (χ0n) is 13.3. The Hall–Kier alpha value is -3.09. The van der Waals surface area contributed by atoms with Crippen LogP contribution in [0.5, 0.6) is 11.5 Å². The second-order valence-corrected chi connectivity index (χ2v) is 4.89. The van der Waals surface area contributed by atoms with E-state index in [1.807, 2.05) is 0 Å². The first-order valence-electron chi connectivity index (χ1n) is 7.12. The van der Waals surface area contributed by atoms with Crippen LogP contribution in [0.15, 0.2) is 42.5 Å². The zero-order chi connectivity index (χ0) is 17.5. The summed E-state index contributed by atoms with van der Waals surface area (Å²) in [6.45, 7) is 1.10. The number of carbonyl (C=O) groups is 2. The van der Waals surface area contributed by atoms with Gasteiger partial charge in [0.1, 0.15) is 17.3 Å². The number of anilines is 2. The Bertz CT molecular complexity index is 749. The van der Waals surface area contributed by atoms with Crippen molar-refractivity contribution in [1.82, 2.24) is 0 Å². The summed E-state index contributed by atoms with van der Waals surface area (Å²) in [5, 5.41) is 5.24. The van der Waals surface area contributed by atoms with Gasteiger partial charge in [-0.25, -0.2) is 4.39 Å². The summed E-state index contributed by atoms with van der Waals surface area (Å²) in [6, 6.07) is 10.3. The molecule has 0 radical (unpaired) electrons. The van der Waals surface area contributed by atoms with Gasteiger partial charge < -0.3 is 20.1 Å². The molecule has 0 bridgehead atoms. The molecule has 7 heteroatoms. The number of hydrogen-bond donors (Lipinski definition) is 2. The lowest BCUT2D eigenvalue weighted by atomic mass is 10.2. The quantitative estimate of drug-likeness (QED) is 0.853. The van der Waals surface area contributed by atoms with Crippen molar-refractivity contribution in [3.05, 3.63) is 48.3 Å². The molecule has 24 heavy (non-hydrogen) atoms. The van der Waals surface area contributed by atoms with Gasteiger partial charge >= 0.3 is 0 Å². The molecule has 2 aromatic rings. The van der Waals surface area contributed by atoms with E-state index in [4.69, 9.17) is 9.47 Å². The van der Waals surface area contributed by atoms with Crippen molar-refractivity contribution in [2.75, 3.05) is 24.4 Å². The van der Waals surface area contributed by atoms with Crippen molar-refractivity contribution in [2.24, 2.45) is 0 Å². The molecule has 0 saturated heterocycles. The standard InChI is InChI=1S/C17H17FN2O4/c1-11(21)19-15-9-13(6-7-16(15)23-2)20-17(22)10-24-14-5-3-4-12(18)8-14/h3-9H,10H2,1-2H3,(H,19,21)(H,20,22). The van der Waals surface area contributed by atoms with Crippen LogP contribution in [-0.2, 0) is 9.59 Å². The monoisotopic (exact) mass is 332 g/mol. The number of benzene rings is 2. The van der Waals surface area contributed by atoms with Crippen LogP contribution in [0.1, 0.15) is 6.92 Å². The van der Waals surface area contributed by atoms with Crippen molar-refractivity contribution in [1.29, 1.82) is 0 Å². The molecule has 2 amide bonds. The third-order valence-electron chi connectivity index (χ3n) is 2.96. The van der Waals surface area contributed by atoms with Crippen molar-refractivity contribution in [3.63, 3.8) is 0 Å². The number of methoxy groups -OCH3 is 1. The molecule has 0 aliphatic carbocycles. The van der Waals surface area contributed by atoms with Gasteiger partial charge in [0.2, 0.25) is 5.91 Å². The summed E-state index contributed by atoms with van der Waals surface area (Å²) >= 11 is 0. The van der Waals surface area contributed by atoms with Crippen molar-refractivity contribution < 1.29 is 23.5 Å². The van der Waals surface area contributed by atoms with Gasteiger partial charge in [-0.2, -0.15) is 0 Å². The van der Waals surface area contributed by atoms with Crippen LogP contribution in [-0.4, -0.2) is 25.5 Å². The average molecular weight is 332 g/mol. The summed E-state index contributed by atoms with van der Waals surface area (Å²) < 4.78 is 23.4. The van der Waals surface area contributed by atoms with E-state index in [2.05, 4.69) is 10.6 Å². The Balaban J connectivity index is 1.99. The molecular formula is C17H17FN2O4.